The fourth-order valence-corrected chi connectivity index (χ4v) is 5.86. The van der Waals surface area contributed by atoms with Gasteiger partial charge < -0.3 is 20.3 Å². The van der Waals surface area contributed by atoms with Crippen LogP contribution in [0.2, 0.25) is 0 Å². The molecule has 2 aromatic rings. The molecule has 1 saturated heterocycles. The molecular weight excluding hydrogens is 478 g/mol. The van der Waals surface area contributed by atoms with Crippen LogP contribution < -0.4 is 15.4 Å². The van der Waals surface area contributed by atoms with Crippen molar-refractivity contribution in [2.45, 2.75) is 51.2 Å². The highest BCUT2D eigenvalue weighted by atomic mass is 79.9. The molecule has 3 heterocycles. The molecule has 1 aromatic heterocycles. The van der Waals surface area contributed by atoms with Crippen LogP contribution >= 0.6 is 27.3 Å². The van der Waals surface area contributed by atoms with Crippen molar-refractivity contribution in [3.05, 3.63) is 44.7 Å². The molecule has 2 aliphatic heterocycles. The molecule has 166 valence electrons. The molecule has 0 saturated carbocycles. The van der Waals surface area contributed by atoms with Crippen LogP contribution in [0.4, 0.5) is 5.00 Å². The Balaban J connectivity index is 1.46. The Morgan fingerprint density at radius 1 is 1.35 bits per heavy atom. The van der Waals surface area contributed by atoms with Crippen LogP contribution in [0.15, 0.2) is 28.7 Å². The van der Waals surface area contributed by atoms with E-state index in [-0.39, 0.29) is 11.8 Å². The second kappa shape index (κ2) is 8.82. The molecular formula is C23H28BrN3O3S. The zero-order valence-electron chi connectivity index (χ0n) is 18.1. The summed E-state index contributed by atoms with van der Waals surface area (Å²) in [7, 11) is 1.91. The van der Waals surface area contributed by atoms with E-state index < -0.39 is 5.72 Å². The van der Waals surface area contributed by atoms with Gasteiger partial charge in [-0.25, -0.2) is 0 Å². The van der Waals surface area contributed by atoms with E-state index in [2.05, 4.69) is 46.5 Å². The first-order valence-electron chi connectivity index (χ1n) is 10.8. The third kappa shape index (κ3) is 4.32. The van der Waals surface area contributed by atoms with Crippen LogP contribution in [0.25, 0.3) is 0 Å². The molecule has 1 unspecified atom stereocenters. The second-order valence-electron chi connectivity index (χ2n) is 8.32. The third-order valence-corrected chi connectivity index (χ3v) is 7.79. The number of anilines is 1. The summed E-state index contributed by atoms with van der Waals surface area (Å²) in [4.78, 5) is 28.5. The molecule has 31 heavy (non-hydrogen) atoms. The first-order chi connectivity index (χ1) is 14.9. The lowest BCUT2D eigenvalue weighted by Crippen LogP contribution is -2.61. The van der Waals surface area contributed by atoms with E-state index in [1.165, 1.54) is 16.9 Å². The van der Waals surface area contributed by atoms with Gasteiger partial charge in [-0.15, -0.1) is 11.3 Å². The number of fused-ring (bicyclic) bond motifs is 1. The number of carbonyl (C=O) groups is 2. The number of ether oxygens (including phenoxy) is 1. The van der Waals surface area contributed by atoms with Crippen LogP contribution in [0.1, 0.15) is 71.0 Å². The fraction of sp³-hybridized carbons (Fsp3) is 0.478. The first-order valence-corrected chi connectivity index (χ1v) is 12.4. The largest absolute Gasteiger partial charge is 0.467 e. The van der Waals surface area contributed by atoms with Gasteiger partial charge in [0.25, 0.3) is 11.8 Å². The van der Waals surface area contributed by atoms with E-state index in [1.54, 1.807) is 6.07 Å². The summed E-state index contributed by atoms with van der Waals surface area (Å²) in [6.07, 6.45) is 3.33. The van der Waals surface area contributed by atoms with Gasteiger partial charge in [0, 0.05) is 37.5 Å². The average Bonchev–Trinajstić information content (AvgIpc) is 3.19. The molecule has 1 fully saturated rings. The molecule has 1 atom stereocenters. The Kier molecular flexibility index (Phi) is 6.30. The Labute approximate surface area is 195 Å². The average molecular weight is 506 g/mol. The van der Waals surface area contributed by atoms with E-state index in [1.807, 2.05) is 24.1 Å². The maximum atomic E-state index is 13.2. The summed E-state index contributed by atoms with van der Waals surface area (Å²) < 4.78 is 7.06. The van der Waals surface area contributed by atoms with Gasteiger partial charge in [0.1, 0.15) is 5.75 Å². The minimum absolute atomic E-state index is 0.0535. The van der Waals surface area contributed by atoms with Gasteiger partial charge in [-0.2, -0.15) is 0 Å². The van der Waals surface area contributed by atoms with E-state index >= 15 is 0 Å². The van der Waals surface area contributed by atoms with Crippen molar-refractivity contribution in [3.8, 4) is 5.75 Å². The lowest BCUT2D eigenvalue weighted by atomic mass is 9.96. The third-order valence-electron chi connectivity index (χ3n) is 6.14. The quantitative estimate of drug-likeness (QED) is 0.584. The predicted molar refractivity (Wildman–Crippen MR) is 127 cm³/mol. The van der Waals surface area contributed by atoms with Crippen molar-refractivity contribution >= 4 is 44.1 Å². The molecule has 0 radical (unpaired) electrons. The first kappa shape index (κ1) is 22.1. The maximum absolute atomic E-state index is 13.2. The highest BCUT2D eigenvalue weighted by Gasteiger charge is 2.43. The van der Waals surface area contributed by atoms with E-state index in [0.717, 1.165) is 27.2 Å². The standard InChI is InChI=1S/C23H28BrN3O3S/c1-4-5-14(2)16-13-19(31-21(16)25-3)22(29)27-10-8-23(9-11-27)26-20(28)17-12-15(24)6-7-18(17)30-23/h6-7,12-14,25H,4-5,8-11H2,1-3H3,(H,26,28). The van der Waals surface area contributed by atoms with Crippen molar-refractivity contribution in [1.29, 1.82) is 0 Å². The number of nitrogens with zero attached hydrogens (tertiary/aromatic N) is 1. The SMILES string of the molecule is CCCC(C)c1cc(C(=O)N2CCC3(CC2)NC(=O)c2cc(Br)ccc2O3)sc1NC. The maximum Gasteiger partial charge on any atom is 0.264 e. The summed E-state index contributed by atoms with van der Waals surface area (Å²) >= 11 is 4.92. The Morgan fingerprint density at radius 2 is 2.10 bits per heavy atom. The van der Waals surface area contributed by atoms with E-state index in [9.17, 15) is 9.59 Å². The number of thiophene rings is 1. The number of likely N-dealkylation sites (tertiary alicyclic amines) is 1. The monoisotopic (exact) mass is 505 g/mol. The number of halogens is 1. The van der Waals surface area contributed by atoms with Crippen molar-refractivity contribution in [1.82, 2.24) is 10.2 Å². The van der Waals surface area contributed by atoms with Crippen molar-refractivity contribution in [2.75, 3.05) is 25.5 Å². The van der Waals surface area contributed by atoms with Gasteiger partial charge in [-0.1, -0.05) is 36.2 Å². The number of nitrogens with one attached hydrogen (secondary N) is 2. The second-order valence-corrected chi connectivity index (χ2v) is 10.3. The highest BCUT2D eigenvalue weighted by Crippen LogP contribution is 2.38. The normalized spacial score (nSPS) is 18.2. The van der Waals surface area contributed by atoms with Gasteiger partial charge >= 0.3 is 0 Å². The van der Waals surface area contributed by atoms with Crippen LogP contribution in [0.5, 0.6) is 5.75 Å². The lowest BCUT2D eigenvalue weighted by molar-refractivity contribution is -0.0244. The summed E-state index contributed by atoms with van der Waals surface area (Å²) in [5, 5.41) is 7.37. The molecule has 0 bridgehead atoms. The van der Waals surface area contributed by atoms with Crippen LogP contribution in [0.3, 0.4) is 0 Å². The number of carbonyl (C=O) groups excluding carboxylic acids is 2. The molecule has 0 aliphatic carbocycles. The van der Waals surface area contributed by atoms with Crippen LogP contribution in [0, 0.1) is 0 Å². The van der Waals surface area contributed by atoms with Crippen molar-refractivity contribution in [3.63, 3.8) is 0 Å². The summed E-state index contributed by atoms with van der Waals surface area (Å²) in [6, 6.07) is 7.51. The molecule has 2 aliphatic rings. The smallest absolute Gasteiger partial charge is 0.264 e. The van der Waals surface area contributed by atoms with Crippen molar-refractivity contribution < 1.29 is 14.3 Å². The Hall–Kier alpha value is -2.06. The molecule has 2 N–H and O–H groups in total. The molecule has 8 heteroatoms. The zero-order valence-corrected chi connectivity index (χ0v) is 20.5. The summed E-state index contributed by atoms with van der Waals surface area (Å²) in [5.74, 6) is 0.936. The predicted octanol–water partition coefficient (Wildman–Crippen LogP) is 5.21. The number of piperidine rings is 1. The summed E-state index contributed by atoms with van der Waals surface area (Å²) in [5.41, 5.74) is 1.00. The van der Waals surface area contributed by atoms with Gasteiger partial charge in [0.2, 0.25) is 0 Å². The topological polar surface area (TPSA) is 70.7 Å². The number of hydrogen-bond acceptors (Lipinski definition) is 5. The Bertz CT molecular complexity index is 998. The van der Waals surface area contributed by atoms with E-state index in [4.69, 9.17) is 4.74 Å². The number of rotatable bonds is 5. The fourth-order valence-electron chi connectivity index (χ4n) is 4.39. The highest BCUT2D eigenvalue weighted by molar-refractivity contribution is 9.10. The molecule has 2 amide bonds. The van der Waals surface area contributed by atoms with Gasteiger partial charge in [0.05, 0.1) is 15.4 Å². The van der Waals surface area contributed by atoms with Gasteiger partial charge in [-0.3, -0.25) is 9.59 Å². The molecule has 1 spiro atoms. The van der Waals surface area contributed by atoms with Gasteiger partial charge in [0.15, 0.2) is 5.72 Å². The van der Waals surface area contributed by atoms with Gasteiger partial charge in [-0.05, 0) is 42.2 Å². The van der Waals surface area contributed by atoms with Crippen LogP contribution in [-0.2, 0) is 0 Å². The number of benzene rings is 1. The van der Waals surface area contributed by atoms with E-state index in [0.29, 0.717) is 43.2 Å². The lowest BCUT2D eigenvalue weighted by Gasteiger charge is -2.44. The minimum atomic E-state index is -0.749. The summed E-state index contributed by atoms with van der Waals surface area (Å²) in [6.45, 7) is 5.47. The van der Waals surface area contributed by atoms with Crippen molar-refractivity contribution in [2.24, 2.45) is 0 Å². The van der Waals surface area contributed by atoms with Crippen LogP contribution in [-0.4, -0.2) is 42.6 Å². The zero-order chi connectivity index (χ0) is 22.2. The minimum Gasteiger partial charge on any atom is -0.467 e. The molecule has 1 aromatic carbocycles. The molecule has 4 rings (SSSR count). The Morgan fingerprint density at radius 3 is 2.77 bits per heavy atom. The molecule has 6 nitrogen and oxygen atoms in total. The number of hydrogen-bond donors (Lipinski definition) is 2. The number of amides is 2.